The number of aryl methyl sites for hydroxylation is 1. The van der Waals surface area contributed by atoms with Crippen molar-refractivity contribution in [2.24, 2.45) is 5.41 Å². The van der Waals surface area contributed by atoms with Crippen molar-refractivity contribution in [1.82, 2.24) is 14.8 Å². The third-order valence-corrected chi connectivity index (χ3v) is 7.00. The number of allylic oxidation sites excluding steroid dienone is 1. The molecule has 3 atom stereocenters. The van der Waals surface area contributed by atoms with Gasteiger partial charge in [-0.1, -0.05) is 12.1 Å². The number of ketones is 1. The van der Waals surface area contributed by atoms with Crippen LogP contribution >= 0.6 is 0 Å². The molecule has 37 heavy (non-hydrogen) atoms. The summed E-state index contributed by atoms with van der Waals surface area (Å²) >= 11 is 0. The number of ether oxygens (including phenoxy) is 1. The Hall–Kier alpha value is -2.91. The van der Waals surface area contributed by atoms with Gasteiger partial charge in [-0.2, -0.15) is 13.2 Å². The van der Waals surface area contributed by atoms with Gasteiger partial charge in [0.2, 0.25) is 5.91 Å². The summed E-state index contributed by atoms with van der Waals surface area (Å²) in [5.74, 6) is -0.420. The quantitative estimate of drug-likeness (QED) is 0.332. The Kier molecular flexibility index (Phi) is 8.10. The third kappa shape index (κ3) is 6.70. The molecule has 2 aliphatic rings. The number of nitrogens with zero attached hydrogens (tertiary/aromatic N) is 3. The summed E-state index contributed by atoms with van der Waals surface area (Å²) in [5, 5.41) is 0. The highest BCUT2D eigenvalue weighted by molar-refractivity contribution is 5.90. The highest BCUT2D eigenvalue weighted by Gasteiger charge is 2.68. The number of pyridine rings is 1. The van der Waals surface area contributed by atoms with Crippen LogP contribution in [0.4, 0.5) is 18.0 Å². The lowest BCUT2D eigenvalue weighted by Crippen LogP contribution is -2.46. The molecular formula is C27H36F3N3O4. The molecule has 0 N–H and O–H groups in total. The fourth-order valence-corrected chi connectivity index (χ4v) is 5.05. The number of carbonyl (C=O) groups is 3. The SMILES string of the molecule is C=CCCCC(=O)N(C)C[C@@]12C[C@@H](C(=O)Cc3nc(C(F)(F)F)ccc3C)N(C(=O)OC(C)(C)C)[C@@H]1C2. The Balaban J connectivity index is 1.81. The maximum Gasteiger partial charge on any atom is 0.433 e. The van der Waals surface area contributed by atoms with Crippen molar-refractivity contribution in [1.29, 1.82) is 0 Å². The molecule has 1 aromatic heterocycles. The van der Waals surface area contributed by atoms with Gasteiger partial charge < -0.3 is 9.64 Å². The Bertz CT molecular complexity index is 1070. The van der Waals surface area contributed by atoms with Crippen LogP contribution in [-0.4, -0.2) is 63.8 Å². The Morgan fingerprint density at radius 2 is 1.92 bits per heavy atom. The van der Waals surface area contributed by atoms with Gasteiger partial charge in [-0.25, -0.2) is 9.78 Å². The minimum Gasteiger partial charge on any atom is -0.444 e. The lowest BCUT2D eigenvalue weighted by Gasteiger charge is -2.30. The molecule has 0 radical (unpaired) electrons. The van der Waals surface area contributed by atoms with Gasteiger partial charge in [0.15, 0.2) is 5.78 Å². The summed E-state index contributed by atoms with van der Waals surface area (Å²) in [5.41, 5.74) is -1.80. The highest BCUT2D eigenvalue weighted by atomic mass is 19.4. The predicted octanol–water partition coefficient (Wildman–Crippen LogP) is 5.10. The molecule has 0 aromatic carbocycles. The van der Waals surface area contributed by atoms with Gasteiger partial charge in [0.1, 0.15) is 11.3 Å². The number of hydrogen-bond donors (Lipinski definition) is 0. The molecule has 0 bridgehead atoms. The van der Waals surface area contributed by atoms with E-state index in [0.717, 1.165) is 12.5 Å². The minimum absolute atomic E-state index is 0.0238. The molecule has 204 valence electrons. The number of hydrogen-bond acceptors (Lipinski definition) is 5. The van der Waals surface area contributed by atoms with E-state index in [9.17, 15) is 27.6 Å². The summed E-state index contributed by atoms with van der Waals surface area (Å²) in [6.45, 7) is 10.8. The lowest BCUT2D eigenvalue weighted by molar-refractivity contribution is -0.141. The van der Waals surface area contributed by atoms with E-state index in [-0.39, 0.29) is 24.1 Å². The third-order valence-electron chi connectivity index (χ3n) is 7.00. The number of aromatic nitrogens is 1. The van der Waals surface area contributed by atoms with E-state index in [1.54, 1.807) is 45.7 Å². The van der Waals surface area contributed by atoms with Crippen molar-refractivity contribution < 1.29 is 32.3 Å². The van der Waals surface area contributed by atoms with Crippen LogP contribution in [0.5, 0.6) is 0 Å². The molecule has 2 fully saturated rings. The van der Waals surface area contributed by atoms with Crippen molar-refractivity contribution in [3.63, 3.8) is 0 Å². The summed E-state index contributed by atoms with van der Waals surface area (Å²) in [6, 6.07) is 1.03. The molecule has 2 heterocycles. The van der Waals surface area contributed by atoms with Crippen molar-refractivity contribution in [2.45, 2.75) is 90.1 Å². The second-order valence-corrected chi connectivity index (χ2v) is 11.2. The van der Waals surface area contributed by atoms with Crippen LogP contribution in [0.1, 0.15) is 69.8 Å². The van der Waals surface area contributed by atoms with Crippen LogP contribution in [0.25, 0.3) is 0 Å². The largest absolute Gasteiger partial charge is 0.444 e. The smallest absolute Gasteiger partial charge is 0.433 e. The molecule has 0 spiro atoms. The van der Waals surface area contributed by atoms with Crippen LogP contribution in [-0.2, 0) is 26.9 Å². The fourth-order valence-electron chi connectivity index (χ4n) is 5.05. The van der Waals surface area contributed by atoms with E-state index < -0.39 is 40.8 Å². The molecule has 1 saturated carbocycles. The maximum absolute atomic E-state index is 13.5. The number of piperidine rings is 1. The molecule has 2 amide bonds. The molecule has 3 rings (SSSR count). The van der Waals surface area contributed by atoms with Gasteiger partial charge in [0.25, 0.3) is 0 Å². The second-order valence-electron chi connectivity index (χ2n) is 11.2. The van der Waals surface area contributed by atoms with Crippen LogP contribution < -0.4 is 0 Å². The summed E-state index contributed by atoms with van der Waals surface area (Å²) in [6.07, 6.45) is -1.09. The number of rotatable bonds is 9. The van der Waals surface area contributed by atoms with Crippen molar-refractivity contribution in [3.05, 3.63) is 41.7 Å². The van der Waals surface area contributed by atoms with E-state index in [1.807, 2.05) is 0 Å². The molecule has 7 nitrogen and oxygen atoms in total. The van der Waals surface area contributed by atoms with E-state index in [2.05, 4.69) is 11.6 Å². The monoisotopic (exact) mass is 523 g/mol. The van der Waals surface area contributed by atoms with Crippen LogP contribution in [0.15, 0.2) is 24.8 Å². The first-order chi connectivity index (χ1) is 17.1. The molecule has 1 aromatic rings. The zero-order valence-corrected chi connectivity index (χ0v) is 22.2. The normalized spacial score (nSPS) is 22.9. The predicted molar refractivity (Wildman–Crippen MR) is 132 cm³/mol. The number of halogens is 3. The number of Topliss-reactive ketones (excluding diaryl/α,β-unsaturated/α-hetero) is 1. The van der Waals surface area contributed by atoms with E-state index in [1.165, 1.54) is 11.0 Å². The number of likely N-dealkylation sites (tertiary alicyclic amines) is 1. The first-order valence-electron chi connectivity index (χ1n) is 12.5. The van der Waals surface area contributed by atoms with E-state index in [0.29, 0.717) is 37.8 Å². The highest BCUT2D eigenvalue weighted by Crippen LogP contribution is 2.60. The van der Waals surface area contributed by atoms with Crippen molar-refractivity contribution in [2.75, 3.05) is 13.6 Å². The Morgan fingerprint density at radius 1 is 1.24 bits per heavy atom. The first kappa shape index (κ1) is 28.7. The van der Waals surface area contributed by atoms with Gasteiger partial charge in [-0.15, -0.1) is 6.58 Å². The molecular weight excluding hydrogens is 487 g/mol. The summed E-state index contributed by atoms with van der Waals surface area (Å²) in [4.78, 5) is 46.0. The second kappa shape index (κ2) is 10.5. The number of carbonyl (C=O) groups excluding carboxylic acids is 3. The molecule has 1 saturated heterocycles. The molecule has 0 unspecified atom stereocenters. The van der Waals surface area contributed by atoms with Gasteiger partial charge in [-0.05, 0) is 65.0 Å². The summed E-state index contributed by atoms with van der Waals surface area (Å²) in [7, 11) is 1.71. The molecule has 1 aliphatic carbocycles. The minimum atomic E-state index is -4.63. The van der Waals surface area contributed by atoms with Gasteiger partial charge in [0, 0.05) is 31.5 Å². The average molecular weight is 524 g/mol. The molecule has 1 aliphatic heterocycles. The fraction of sp³-hybridized carbons (Fsp3) is 0.630. The van der Waals surface area contributed by atoms with Gasteiger partial charge >= 0.3 is 12.3 Å². The number of unbranched alkanes of at least 4 members (excludes halogenated alkanes) is 1. The zero-order valence-electron chi connectivity index (χ0n) is 22.2. The van der Waals surface area contributed by atoms with Crippen LogP contribution in [0.3, 0.4) is 0 Å². The van der Waals surface area contributed by atoms with Crippen LogP contribution in [0, 0.1) is 12.3 Å². The summed E-state index contributed by atoms with van der Waals surface area (Å²) < 4.78 is 45.2. The van der Waals surface area contributed by atoms with Crippen molar-refractivity contribution in [3.8, 4) is 0 Å². The Morgan fingerprint density at radius 3 is 2.51 bits per heavy atom. The van der Waals surface area contributed by atoms with Crippen molar-refractivity contribution >= 4 is 17.8 Å². The average Bonchev–Trinajstić information content (AvgIpc) is 3.35. The topological polar surface area (TPSA) is 79.8 Å². The Labute approximate surface area is 216 Å². The maximum atomic E-state index is 13.5. The number of alkyl halides is 3. The zero-order chi connectivity index (χ0) is 27.8. The van der Waals surface area contributed by atoms with E-state index >= 15 is 0 Å². The standard InChI is InChI=1S/C27H36F3N3O4/c1-7-8-9-10-23(35)32(6)16-26-14-19(33(22(26)15-26)24(36)37-25(3,4)5)20(34)13-18-17(2)11-12-21(31-18)27(28,29)30/h7,11-12,19,22H,1,8-10,13-16H2,2-6H3/t19-,22+,26-/m0/s1. The van der Waals surface area contributed by atoms with Gasteiger partial charge in [-0.3, -0.25) is 14.5 Å². The number of fused-ring (bicyclic) bond motifs is 1. The molecule has 10 heteroatoms. The lowest BCUT2D eigenvalue weighted by atomic mass is 9.94. The van der Waals surface area contributed by atoms with E-state index in [4.69, 9.17) is 4.74 Å². The van der Waals surface area contributed by atoms with Gasteiger partial charge in [0.05, 0.1) is 18.2 Å². The van der Waals surface area contributed by atoms with Crippen LogP contribution in [0.2, 0.25) is 0 Å². The first-order valence-corrected chi connectivity index (χ1v) is 12.5. The number of amides is 2.